The molecule has 0 aromatic heterocycles. The van der Waals surface area contributed by atoms with Crippen LogP contribution in [-0.4, -0.2) is 11.2 Å². The highest BCUT2D eigenvalue weighted by atomic mass is 16.3. The minimum Gasteiger partial charge on any atom is -0.393 e. The van der Waals surface area contributed by atoms with Crippen molar-refractivity contribution >= 4 is 0 Å². The predicted octanol–water partition coefficient (Wildman–Crippen LogP) is 1.70. The van der Waals surface area contributed by atoms with Gasteiger partial charge in [-0.05, 0) is 12.7 Å². The minimum atomic E-state index is -2.63. The molecule has 1 N–H and O–H groups in total. The minimum absolute atomic E-state index is 0.0481. The summed E-state index contributed by atoms with van der Waals surface area (Å²) in [5.41, 5.74) is 0. The lowest BCUT2D eigenvalue weighted by molar-refractivity contribution is 0.157. The Bertz CT molecular complexity index is 181. The van der Waals surface area contributed by atoms with Crippen LogP contribution in [0.2, 0.25) is 0 Å². The first-order valence-corrected chi connectivity index (χ1v) is 2.93. The molecular weight excluding hydrogens is 100 g/mol. The summed E-state index contributed by atoms with van der Waals surface area (Å²) < 4.78 is 37.0. The van der Waals surface area contributed by atoms with Crippen molar-refractivity contribution in [2.45, 2.75) is 44.5 Å². The van der Waals surface area contributed by atoms with Gasteiger partial charge < -0.3 is 5.11 Å². The quantitative estimate of drug-likeness (QED) is 0.481. The van der Waals surface area contributed by atoms with Crippen LogP contribution in [0.15, 0.2) is 0 Å². The van der Waals surface area contributed by atoms with E-state index in [-0.39, 0.29) is 12.8 Å². The third-order valence-corrected chi connectivity index (χ3v) is 1.19. The van der Waals surface area contributed by atoms with Crippen LogP contribution in [0.5, 0.6) is 0 Å². The molecule has 0 saturated heterocycles. The highest BCUT2D eigenvalue weighted by Gasteiger charge is 2.06. The van der Waals surface area contributed by atoms with E-state index in [2.05, 4.69) is 0 Å². The Morgan fingerprint density at radius 3 is 2.25 bits per heavy atom. The van der Waals surface area contributed by atoms with Gasteiger partial charge in [0.25, 0.3) is 0 Å². The largest absolute Gasteiger partial charge is 0.393 e. The van der Waals surface area contributed by atoms with Crippen molar-refractivity contribution in [2.75, 3.05) is 0 Å². The molecule has 1 heteroatoms. The van der Waals surface area contributed by atoms with Gasteiger partial charge >= 0.3 is 0 Å². The van der Waals surface area contributed by atoms with Crippen LogP contribution in [0.4, 0.5) is 0 Å². The maximum absolute atomic E-state index is 9.53. The molecule has 0 spiro atoms. The molecule has 1 saturated carbocycles. The van der Waals surface area contributed by atoms with Gasteiger partial charge in [0.2, 0.25) is 0 Å². The van der Waals surface area contributed by atoms with Crippen molar-refractivity contribution in [2.24, 2.45) is 0 Å². The second-order valence-electron chi connectivity index (χ2n) is 1.91. The average Bonchev–Trinajstić information content (AvgIpc) is 2.01. The summed E-state index contributed by atoms with van der Waals surface area (Å²) in [4.78, 5) is 0. The Morgan fingerprint density at radius 1 is 1.25 bits per heavy atom. The van der Waals surface area contributed by atoms with E-state index in [1.54, 1.807) is 0 Å². The monoisotopic (exact) mass is 119 g/mol. The first-order chi connectivity index (χ1) is 5.71. The van der Waals surface area contributed by atoms with Crippen LogP contribution >= 0.6 is 0 Å². The maximum Gasteiger partial charge on any atom is 0.0600 e. The maximum atomic E-state index is 9.53. The number of hydrogen-bond acceptors (Lipinski definition) is 1. The normalized spacial score (nSPS) is 50.9. The molecule has 1 aliphatic rings. The molecule has 0 heterocycles. The van der Waals surface area contributed by atoms with Gasteiger partial charge in [-0.1, -0.05) is 25.7 Å². The van der Waals surface area contributed by atoms with E-state index in [4.69, 9.17) is 6.85 Å². The van der Waals surface area contributed by atoms with Crippen molar-refractivity contribution in [1.29, 1.82) is 0 Å². The van der Waals surface area contributed by atoms with Crippen LogP contribution in [0.3, 0.4) is 0 Å². The zero-order valence-corrected chi connectivity index (χ0v) is 4.78. The molecular formula is C7H14O. The van der Waals surface area contributed by atoms with Gasteiger partial charge in [-0.15, -0.1) is 0 Å². The van der Waals surface area contributed by atoms with E-state index in [1.807, 2.05) is 0 Å². The van der Waals surface area contributed by atoms with E-state index in [1.165, 1.54) is 0 Å². The second-order valence-corrected chi connectivity index (χ2v) is 1.91. The number of rotatable bonds is 0. The Balaban J connectivity index is 3.03. The summed E-state index contributed by atoms with van der Waals surface area (Å²) in [6.07, 6.45) is -5.81. The lowest BCUT2D eigenvalue weighted by Gasteiger charge is -2.02. The van der Waals surface area contributed by atoms with Crippen molar-refractivity contribution in [3.8, 4) is 0 Å². The van der Waals surface area contributed by atoms with Gasteiger partial charge in [0.1, 0.15) is 0 Å². The zero-order valence-electron chi connectivity index (χ0n) is 9.78. The summed E-state index contributed by atoms with van der Waals surface area (Å²) >= 11 is 0. The summed E-state index contributed by atoms with van der Waals surface area (Å²) in [5.74, 6) is 0. The highest BCUT2D eigenvalue weighted by molar-refractivity contribution is 4.60. The molecule has 1 fully saturated rings. The van der Waals surface area contributed by atoms with Crippen molar-refractivity contribution < 1.29 is 12.0 Å². The molecule has 1 rings (SSSR count). The van der Waals surface area contributed by atoms with Crippen LogP contribution < -0.4 is 0 Å². The zero-order chi connectivity index (χ0) is 10.3. The van der Waals surface area contributed by atoms with Crippen molar-refractivity contribution in [3.05, 3.63) is 0 Å². The molecule has 0 unspecified atom stereocenters. The predicted molar refractivity (Wildman–Crippen MR) is 33.7 cm³/mol. The molecule has 1 nitrogen and oxygen atoms in total. The van der Waals surface area contributed by atoms with Gasteiger partial charge in [0.05, 0.1) is 7.45 Å². The van der Waals surface area contributed by atoms with Gasteiger partial charge in [-0.25, -0.2) is 0 Å². The summed E-state index contributed by atoms with van der Waals surface area (Å²) in [7, 11) is 0. The molecule has 0 bridgehead atoms. The SMILES string of the molecule is [2H]C1([2H])CCCCC([2H])([2H])C1([2H])O. The summed E-state index contributed by atoms with van der Waals surface area (Å²) in [6.45, 7) is 0. The smallest absolute Gasteiger partial charge is 0.0600 e. The lowest BCUT2D eigenvalue weighted by Crippen LogP contribution is -2.02. The molecule has 48 valence electrons. The summed E-state index contributed by atoms with van der Waals surface area (Å²) in [6, 6.07) is 0. The molecule has 0 atom stereocenters. The fourth-order valence-electron chi connectivity index (χ4n) is 0.726. The van der Waals surface area contributed by atoms with Crippen molar-refractivity contribution in [1.82, 2.24) is 0 Å². The highest BCUT2D eigenvalue weighted by Crippen LogP contribution is 2.16. The second kappa shape index (κ2) is 3.08. The van der Waals surface area contributed by atoms with Crippen molar-refractivity contribution in [3.63, 3.8) is 0 Å². The van der Waals surface area contributed by atoms with Gasteiger partial charge in [-0.3, -0.25) is 0 Å². The molecule has 0 aliphatic heterocycles. The van der Waals surface area contributed by atoms with E-state index in [9.17, 15) is 5.11 Å². The van der Waals surface area contributed by atoms with Crippen LogP contribution in [0, 0.1) is 0 Å². The first kappa shape index (κ1) is 2.30. The standard InChI is InChI=1S/C7H14O/c8-7-5-3-1-2-4-6-7/h7-8H,1-6H2/i5D2,6D2,7D. The van der Waals surface area contributed by atoms with E-state index < -0.39 is 18.8 Å². The Labute approximate surface area is 57.7 Å². The van der Waals surface area contributed by atoms with Crippen LogP contribution in [0.1, 0.15) is 45.3 Å². The fraction of sp³-hybridized carbons (Fsp3) is 1.00. The van der Waals surface area contributed by atoms with Gasteiger partial charge in [0.15, 0.2) is 0 Å². The fourth-order valence-corrected chi connectivity index (χ4v) is 0.726. The first-order valence-electron chi connectivity index (χ1n) is 5.43. The molecule has 8 heavy (non-hydrogen) atoms. The third kappa shape index (κ3) is 1.83. The van der Waals surface area contributed by atoms with E-state index in [0.717, 1.165) is 0 Å². The van der Waals surface area contributed by atoms with E-state index >= 15 is 0 Å². The summed E-state index contributed by atoms with van der Waals surface area (Å²) in [5, 5.41) is 9.53. The van der Waals surface area contributed by atoms with Crippen LogP contribution in [-0.2, 0) is 0 Å². The molecule has 0 aromatic carbocycles. The van der Waals surface area contributed by atoms with Gasteiger partial charge in [0, 0.05) is 5.48 Å². The molecule has 0 aromatic rings. The lowest BCUT2D eigenvalue weighted by atomic mass is 10.2. The average molecular weight is 119 g/mol. The Morgan fingerprint density at radius 2 is 1.75 bits per heavy atom. The van der Waals surface area contributed by atoms with Gasteiger partial charge in [-0.2, -0.15) is 0 Å². The Kier molecular flexibility index (Phi) is 0.884. The number of hydrogen-bond donors (Lipinski definition) is 1. The number of aliphatic hydroxyl groups is 1. The third-order valence-electron chi connectivity index (χ3n) is 1.19. The molecule has 1 aliphatic carbocycles. The van der Waals surface area contributed by atoms with Crippen LogP contribution in [0.25, 0.3) is 0 Å². The molecule has 0 radical (unpaired) electrons. The van der Waals surface area contributed by atoms with E-state index in [0.29, 0.717) is 12.8 Å². The molecule has 0 amide bonds. The Hall–Kier alpha value is -0.0400. The topological polar surface area (TPSA) is 20.2 Å².